The van der Waals surface area contributed by atoms with Crippen molar-refractivity contribution in [1.29, 1.82) is 0 Å². The Morgan fingerprint density at radius 1 is 1.27 bits per heavy atom. The quantitative estimate of drug-likeness (QED) is 0.710. The fourth-order valence-corrected chi connectivity index (χ4v) is 5.20. The second-order valence-electron chi connectivity index (χ2n) is 8.73. The van der Waals surface area contributed by atoms with Gasteiger partial charge in [0, 0.05) is 30.8 Å². The van der Waals surface area contributed by atoms with Crippen LogP contribution in [0.1, 0.15) is 77.9 Å². The summed E-state index contributed by atoms with van der Waals surface area (Å²) in [6.07, 6.45) is 11.8. The zero-order valence-electron chi connectivity index (χ0n) is 16.8. The highest BCUT2D eigenvalue weighted by Crippen LogP contribution is 2.57. The molecular weight excluding hydrogens is 382 g/mol. The second kappa shape index (κ2) is 6.45. The summed E-state index contributed by atoms with van der Waals surface area (Å²) in [6.45, 7) is 1.77. The van der Waals surface area contributed by atoms with E-state index in [1.165, 1.54) is 0 Å². The molecule has 2 atom stereocenters. The molecule has 3 heterocycles. The molecule has 9 heteroatoms. The van der Waals surface area contributed by atoms with Crippen LogP contribution in [0.15, 0.2) is 23.1 Å². The Labute approximate surface area is 173 Å². The molecule has 6 rings (SSSR count). The molecule has 3 aromatic heterocycles. The number of amides is 1. The Bertz CT molecular complexity index is 1110. The van der Waals surface area contributed by atoms with Crippen molar-refractivity contribution in [1.82, 2.24) is 35.2 Å². The van der Waals surface area contributed by atoms with Gasteiger partial charge in [-0.3, -0.25) is 9.78 Å². The molecule has 0 radical (unpaired) electrons. The lowest BCUT2D eigenvalue weighted by atomic mass is 9.80. The van der Waals surface area contributed by atoms with Gasteiger partial charge in [-0.25, -0.2) is 9.67 Å². The molecule has 0 saturated heterocycles. The average molecular weight is 405 g/mol. The first-order chi connectivity index (χ1) is 14.6. The summed E-state index contributed by atoms with van der Waals surface area (Å²) in [4.78, 5) is 26.6. The molecule has 3 aliphatic carbocycles. The highest BCUT2D eigenvalue weighted by atomic mass is 16.5. The Balaban J connectivity index is 1.38. The van der Waals surface area contributed by atoms with Crippen LogP contribution in [0.2, 0.25) is 0 Å². The van der Waals surface area contributed by atoms with E-state index in [1.54, 1.807) is 25.5 Å². The third kappa shape index (κ3) is 2.68. The minimum Gasteiger partial charge on any atom is -0.340 e. The Kier molecular flexibility index (Phi) is 3.81. The molecule has 2 saturated carbocycles. The van der Waals surface area contributed by atoms with Crippen molar-refractivity contribution in [3.8, 4) is 5.82 Å². The first-order valence-corrected chi connectivity index (χ1v) is 10.7. The highest BCUT2D eigenvalue weighted by Gasteiger charge is 2.51. The Morgan fingerprint density at radius 2 is 2.13 bits per heavy atom. The van der Waals surface area contributed by atoms with Crippen molar-refractivity contribution in [3.05, 3.63) is 47.3 Å². The second-order valence-corrected chi connectivity index (χ2v) is 8.73. The monoisotopic (exact) mass is 405 g/mol. The van der Waals surface area contributed by atoms with Crippen LogP contribution in [-0.2, 0) is 12.0 Å². The van der Waals surface area contributed by atoms with Gasteiger partial charge < -0.3 is 9.84 Å². The average Bonchev–Trinajstić information content (AvgIpc) is 3.08. The van der Waals surface area contributed by atoms with E-state index in [4.69, 9.17) is 9.62 Å². The van der Waals surface area contributed by atoms with E-state index in [0.29, 0.717) is 35.1 Å². The maximum absolute atomic E-state index is 13.5. The van der Waals surface area contributed by atoms with Crippen LogP contribution in [0.5, 0.6) is 0 Å². The van der Waals surface area contributed by atoms with Crippen molar-refractivity contribution in [2.24, 2.45) is 5.92 Å². The molecule has 9 nitrogen and oxygen atoms in total. The van der Waals surface area contributed by atoms with Crippen LogP contribution in [0.3, 0.4) is 0 Å². The molecule has 3 aliphatic rings. The number of carbonyl (C=O) groups is 1. The fourth-order valence-electron chi connectivity index (χ4n) is 5.20. The molecule has 1 amide bonds. The standard InChI is InChI=1S/C21H23N7O2/c1-12-24-20(27-30-12)21(5-3-2-4-6-21)25-19(29)17-15-10-13-9-14(13)18(15)28(26-17)16-11-22-7-8-23-16/h7-8,11,13-14H,2-6,9-10H2,1H3,(H,25,29)/t13-,14-/m1/s1. The number of carbonyl (C=O) groups excluding carboxylic acids is 1. The molecule has 0 bridgehead atoms. The maximum Gasteiger partial charge on any atom is 0.272 e. The van der Waals surface area contributed by atoms with Crippen molar-refractivity contribution >= 4 is 5.91 Å². The number of hydrogen-bond acceptors (Lipinski definition) is 7. The maximum atomic E-state index is 13.5. The predicted octanol–water partition coefficient (Wildman–Crippen LogP) is 2.60. The molecule has 30 heavy (non-hydrogen) atoms. The summed E-state index contributed by atoms with van der Waals surface area (Å²) in [5.74, 6) is 2.66. The third-order valence-electron chi connectivity index (χ3n) is 6.76. The van der Waals surface area contributed by atoms with Gasteiger partial charge >= 0.3 is 0 Å². The lowest BCUT2D eigenvalue weighted by Crippen LogP contribution is -2.48. The van der Waals surface area contributed by atoms with E-state index < -0.39 is 5.54 Å². The van der Waals surface area contributed by atoms with Gasteiger partial charge in [-0.15, -0.1) is 0 Å². The number of hydrogen-bond donors (Lipinski definition) is 1. The first-order valence-electron chi connectivity index (χ1n) is 10.7. The van der Waals surface area contributed by atoms with Gasteiger partial charge in [0.05, 0.1) is 11.9 Å². The van der Waals surface area contributed by atoms with Gasteiger partial charge in [0.1, 0.15) is 5.54 Å². The number of aryl methyl sites for hydroxylation is 1. The van der Waals surface area contributed by atoms with Gasteiger partial charge in [-0.2, -0.15) is 10.1 Å². The molecule has 0 spiro atoms. The van der Waals surface area contributed by atoms with Crippen LogP contribution >= 0.6 is 0 Å². The van der Waals surface area contributed by atoms with Crippen molar-refractivity contribution in [2.75, 3.05) is 0 Å². The van der Waals surface area contributed by atoms with Gasteiger partial charge in [0.2, 0.25) is 5.89 Å². The largest absolute Gasteiger partial charge is 0.340 e. The van der Waals surface area contributed by atoms with E-state index >= 15 is 0 Å². The van der Waals surface area contributed by atoms with Crippen LogP contribution in [0.25, 0.3) is 5.82 Å². The molecule has 0 aliphatic heterocycles. The molecule has 154 valence electrons. The minimum atomic E-state index is -0.599. The van der Waals surface area contributed by atoms with E-state index in [0.717, 1.165) is 56.2 Å². The number of rotatable bonds is 4. The molecule has 3 aromatic rings. The van der Waals surface area contributed by atoms with Gasteiger partial charge in [0.25, 0.3) is 5.91 Å². The van der Waals surface area contributed by atoms with Crippen molar-refractivity contribution in [2.45, 2.75) is 63.3 Å². The number of fused-ring (bicyclic) bond motifs is 3. The number of nitrogens with zero attached hydrogens (tertiary/aromatic N) is 6. The van der Waals surface area contributed by atoms with Gasteiger partial charge in [-0.1, -0.05) is 24.4 Å². The minimum absolute atomic E-state index is 0.167. The fraction of sp³-hybridized carbons (Fsp3) is 0.524. The van der Waals surface area contributed by atoms with Gasteiger partial charge in [0.15, 0.2) is 17.3 Å². The lowest BCUT2D eigenvalue weighted by molar-refractivity contribution is 0.0848. The van der Waals surface area contributed by atoms with E-state index in [9.17, 15) is 4.79 Å². The van der Waals surface area contributed by atoms with E-state index in [-0.39, 0.29) is 5.91 Å². The number of nitrogens with one attached hydrogen (secondary N) is 1. The molecule has 1 N–H and O–H groups in total. The summed E-state index contributed by atoms with van der Waals surface area (Å²) >= 11 is 0. The zero-order valence-corrected chi connectivity index (χ0v) is 16.8. The third-order valence-corrected chi connectivity index (χ3v) is 6.76. The topological polar surface area (TPSA) is 112 Å². The van der Waals surface area contributed by atoms with Crippen LogP contribution in [0.4, 0.5) is 0 Å². The first kappa shape index (κ1) is 17.7. The molecule has 0 aromatic carbocycles. The molecule has 0 unspecified atom stereocenters. The molecule has 2 fully saturated rings. The summed E-state index contributed by atoms with van der Waals surface area (Å²) in [6, 6.07) is 0. The highest BCUT2D eigenvalue weighted by molar-refractivity contribution is 5.95. The van der Waals surface area contributed by atoms with E-state index in [1.807, 2.05) is 4.68 Å². The zero-order chi connectivity index (χ0) is 20.3. The van der Waals surface area contributed by atoms with Crippen molar-refractivity contribution < 1.29 is 9.32 Å². The summed E-state index contributed by atoms with van der Waals surface area (Å²) in [5, 5.41) is 12.1. The predicted molar refractivity (Wildman–Crippen MR) is 105 cm³/mol. The molecular formula is C21H23N7O2. The summed E-state index contributed by atoms with van der Waals surface area (Å²) in [7, 11) is 0. The Hall–Kier alpha value is -3.10. The Morgan fingerprint density at radius 3 is 2.87 bits per heavy atom. The normalized spacial score (nSPS) is 23.6. The summed E-state index contributed by atoms with van der Waals surface area (Å²) < 4.78 is 7.06. The van der Waals surface area contributed by atoms with Crippen LogP contribution < -0.4 is 5.32 Å². The van der Waals surface area contributed by atoms with Crippen LogP contribution in [-0.4, -0.2) is 35.8 Å². The lowest BCUT2D eigenvalue weighted by Gasteiger charge is -2.35. The van der Waals surface area contributed by atoms with E-state index in [2.05, 4.69) is 25.4 Å². The number of aromatic nitrogens is 6. The SMILES string of the molecule is Cc1nc(C2(NC(=O)c3nn(-c4cnccn4)c4c3C[C@H]3C[C@@H]43)CCCCC2)no1. The van der Waals surface area contributed by atoms with Crippen molar-refractivity contribution in [3.63, 3.8) is 0 Å². The van der Waals surface area contributed by atoms with Crippen LogP contribution in [0, 0.1) is 12.8 Å². The van der Waals surface area contributed by atoms with Gasteiger partial charge in [-0.05, 0) is 31.6 Å². The smallest absolute Gasteiger partial charge is 0.272 e. The summed E-state index contributed by atoms with van der Waals surface area (Å²) in [5.41, 5.74) is 2.07.